The van der Waals surface area contributed by atoms with Crippen molar-refractivity contribution in [2.45, 2.75) is 57.7 Å². The third kappa shape index (κ3) is 6.33. The number of hydrogen-bond acceptors (Lipinski definition) is 2. The second kappa shape index (κ2) is 10.4. The Morgan fingerprint density at radius 3 is 2.32 bits per heavy atom. The molecular formula is C21H27ClFNO. The van der Waals surface area contributed by atoms with Gasteiger partial charge in [-0.1, -0.05) is 56.0 Å². The van der Waals surface area contributed by atoms with Crippen molar-refractivity contribution in [2.24, 2.45) is 0 Å². The Balaban J connectivity index is 0.00000225. The molecule has 0 bridgehead atoms. The molecule has 0 aliphatic heterocycles. The summed E-state index contributed by atoms with van der Waals surface area (Å²) in [4.78, 5) is 0. The van der Waals surface area contributed by atoms with E-state index in [0.29, 0.717) is 12.6 Å². The topological polar surface area (TPSA) is 21.3 Å². The summed E-state index contributed by atoms with van der Waals surface area (Å²) in [6, 6.07) is 15.3. The van der Waals surface area contributed by atoms with Crippen molar-refractivity contribution >= 4 is 12.4 Å². The zero-order valence-electron chi connectivity index (χ0n) is 14.5. The van der Waals surface area contributed by atoms with Crippen LogP contribution >= 0.6 is 12.4 Å². The van der Waals surface area contributed by atoms with Crippen LogP contribution in [0.2, 0.25) is 0 Å². The van der Waals surface area contributed by atoms with Crippen LogP contribution in [0.15, 0.2) is 48.5 Å². The van der Waals surface area contributed by atoms with Crippen LogP contribution in [-0.2, 0) is 13.2 Å². The van der Waals surface area contributed by atoms with Crippen molar-refractivity contribution in [3.05, 3.63) is 65.5 Å². The summed E-state index contributed by atoms with van der Waals surface area (Å²) in [5, 5.41) is 3.69. The molecule has 0 unspecified atom stereocenters. The fraction of sp³-hybridized carbons (Fsp3) is 0.429. The Hall–Kier alpha value is -1.58. The lowest BCUT2D eigenvalue weighted by Crippen LogP contribution is -2.28. The van der Waals surface area contributed by atoms with Crippen molar-refractivity contribution in [1.82, 2.24) is 5.32 Å². The molecule has 1 saturated carbocycles. The smallest absolute Gasteiger partial charge is 0.124 e. The van der Waals surface area contributed by atoms with Crippen LogP contribution in [0.5, 0.6) is 5.75 Å². The van der Waals surface area contributed by atoms with Gasteiger partial charge >= 0.3 is 0 Å². The molecule has 4 heteroatoms. The van der Waals surface area contributed by atoms with Gasteiger partial charge in [-0.25, -0.2) is 4.39 Å². The highest BCUT2D eigenvalue weighted by Gasteiger charge is 2.12. The van der Waals surface area contributed by atoms with Gasteiger partial charge in [0.25, 0.3) is 0 Å². The van der Waals surface area contributed by atoms with Gasteiger partial charge in [0.05, 0.1) is 0 Å². The van der Waals surface area contributed by atoms with E-state index in [2.05, 4.69) is 17.4 Å². The van der Waals surface area contributed by atoms with Crippen LogP contribution in [0.4, 0.5) is 4.39 Å². The number of rotatable bonds is 6. The SMILES string of the molecule is Cl.Fc1ccc(COc2ccccc2CNC2CCCCCC2)cc1. The van der Waals surface area contributed by atoms with Gasteiger partial charge in [-0.05, 0) is 36.6 Å². The van der Waals surface area contributed by atoms with Gasteiger partial charge in [0.15, 0.2) is 0 Å². The summed E-state index contributed by atoms with van der Waals surface area (Å²) in [7, 11) is 0. The average molecular weight is 364 g/mol. The van der Waals surface area contributed by atoms with Crippen molar-refractivity contribution in [2.75, 3.05) is 0 Å². The lowest BCUT2D eigenvalue weighted by atomic mass is 10.1. The Bertz CT molecular complexity index is 624. The first-order valence-electron chi connectivity index (χ1n) is 9.00. The highest BCUT2D eigenvalue weighted by Crippen LogP contribution is 2.22. The normalized spacial score (nSPS) is 15.2. The molecule has 1 fully saturated rings. The summed E-state index contributed by atoms with van der Waals surface area (Å²) >= 11 is 0. The van der Waals surface area contributed by atoms with Gasteiger partial charge in [0, 0.05) is 18.2 Å². The van der Waals surface area contributed by atoms with Crippen molar-refractivity contribution < 1.29 is 9.13 Å². The predicted octanol–water partition coefficient (Wildman–Crippen LogP) is 5.64. The van der Waals surface area contributed by atoms with E-state index in [9.17, 15) is 4.39 Å². The van der Waals surface area contributed by atoms with E-state index in [0.717, 1.165) is 17.9 Å². The second-order valence-corrected chi connectivity index (χ2v) is 6.59. The molecule has 0 atom stereocenters. The lowest BCUT2D eigenvalue weighted by molar-refractivity contribution is 0.301. The standard InChI is InChI=1S/C21H26FNO.ClH/c22-19-13-11-17(12-14-19)16-24-21-10-6-5-7-18(21)15-23-20-8-3-1-2-4-9-20;/h5-7,10-14,20,23H,1-4,8-9,15-16H2;1H. The number of para-hydroxylation sites is 1. The summed E-state index contributed by atoms with van der Waals surface area (Å²) in [5.41, 5.74) is 2.16. The fourth-order valence-corrected chi connectivity index (χ4v) is 3.27. The number of halogens is 2. The molecule has 0 saturated heterocycles. The fourth-order valence-electron chi connectivity index (χ4n) is 3.27. The quantitative estimate of drug-likeness (QED) is 0.670. The molecular weight excluding hydrogens is 337 g/mol. The summed E-state index contributed by atoms with van der Waals surface area (Å²) < 4.78 is 18.9. The lowest BCUT2D eigenvalue weighted by Gasteiger charge is -2.18. The molecule has 2 nitrogen and oxygen atoms in total. The maximum atomic E-state index is 13.0. The minimum absolute atomic E-state index is 0. The third-order valence-corrected chi connectivity index (χ3v) is 4.72. The Morgan fingerprint density at radius 2 is 1.60 bits per heavy atom. The minimum Gasteiger partial charge on any atom is -0.489 e. The molecule has 0 radical (unpaired) electrons. The van der Waals surface area contributed by atoms with E-state index in [1.54, 1.807) is 12.1 Å². The first-order chi connectivity index (χ1) is 11.8. The van der Waals surface area contributed by atoms with E-state index in [1.165, 1.54) is 56.2 Å². The van der Waals surface area contributed by atoms with Gasteiger partial charge in [0.1, 0.15) is 18.2 Å². The molecule has 2 aromatic rings. The zero-order valence-corrected chi connectivity index (χ0v) is 15.4. The van der Waals surface area contributed by atoms with E-state index < -0.39 is 0 Å². The van der Waals surface area contributed by atoms with Crippen LogP contribution in [0, 0.1) is 5.82 Å². The van der Waals surface area contributed by atoms with Crippen molar-refractivity contribution in [1.29, 1.82) is 0 Å². The average Bonchev–Trinajstić information content (AvgIpc) is 2.89. The molecule has 0 spiro atoms. The molecule has 136 valence electrons. The van der Waals surface area contributed by atoms with Crippen LogP contribution in [0.1, 0.15) is 49.7 Å². The number of nitrogens with one attached hydrogen (secondary N) is 1. The number of benzene rings is 2. The monoisotopic (exact) mass is 363 g/mol. The van der Waals surface area contributed by atoms with Gasteiger partial charge < -0.3 is 10.1 Å². The highest BCUT2D eigenvalue weighted by atomic mass is 35.5. The molecule has 1 aliphatic rings. The van der Waals surface area contributed by atoms with Crippen molar-refractivity contribution in [3.8, 4) is 5.75 Å². The summed E-state index contributed by atoms with van der Waals surface area (Å²) in [5.74, 6) is 0.690. The Kier molecular flexibility index (Phi) is 8.23. The maximum absolute atomic E-state index is 13.0. The summed E-state index contributed by atoms with van der Waals surface area (Å²) in [6.45, 7) is 1.30. The molecule has 0 aromatic heterocycles. The summed E-state index contributed by atoms with van der Waals surface area (Å²) in [6.07, 6.45) is 7.96. The first-order valence-corrected chi connectivity index (χ1v) is 9.00. The van der Waals surface area contributed by atoms with E-state index in [1.807, 2.05) is 12.1 Å². The minimum atomic E-state index is -0.216. The third-order valence-electron chi connectivity index (χ3n) is 4.72. The second-order valence-electron chi connectivity index (χ2n) is 6.59. The number of hydrogen-bond donors (Lipinski definition) is 1. The molecule has 25 heavy (non-hydrogen) atoms. The molecule has 0 heterocycles. The predicted molar refractivity (Wildman–Crippen MR) is 103 cm³/mol. The molecule has 2 aromatic carbocycles. The first kappa shape index (κ1) is 19.7. The number of ether oxygens (including phenoxy) is 1. The van der Waals surface area contributed by atoms with E-state index in [-0.39, 0.29) is 18.2 Å². The maximum Gasteiger partial charge on any atom is 0.124 e. The van der Waals surface area contributed by atoms with Gasteiger partial charge in [-0.2, -0.15) is 0 Å². The van der Waals surface area contributed by atoms with Gasteiger partial charge in [-0.15, -0.1) is 12.4 Å². The zero-order chi connectivity index (χ0) is 16.6. The van der Waals surface area contributed by atoms with Crippen molar-refractivity contribution in [3.63, 3.8) is 0 Å². The molecule has 3 rings (SSSR count). The van der Waals surface area contributed by atoms with Gasteiger partial charge in [0.2, 0.25) is 0 Å². The van der Waals surface area contributed by atoms with Crippen LogP contribution in [0.3, 0.4) is 0 Å². The van der Waals surface area contributed by atoms with Crippen LogP contribution < -0.4 is 10.1 Å². The van der Waals surface area contributed by atoms with E-state index >= 15 is 0 Å². The Morgan fingerprint density at radius 1 is 0.920 bits per heavy atom. The Labute approximate surface area is 156 Å². The van der Waals surface area contributed by atoms with E-state index in [4.69, 9.17) is 4.74 Å². The van der Waals surface area contributed by atoms with Gasteiger partial charge in [-0.3, -0.25) is 0 Å². The molecule has 1 aliphatic carbocycles. The van der Waals surface area contributed by atoms with Crippen LogP contribution in [-0.4, -0.2) is 6.04 Å². The van der Waals surface area contributed by atoms with Crippen LogP contribution in [0.25, 0.3) is 0 Å². The molecule has 1 N–H and O–H groups in total. The highest BCUT2D eigenvalue weighted by molar-refractivity contribution is 5.85. The molecule has 0 amide bonds. The largest absolute Gasteiger partial charge is 0.489 e.